The van der Waals surface area contributed by atoms with Gasteiger partial charge in [0.15, 0.2) is 0 Å². The van der Waals surface area contributed by atoms with Crippen LogP contribution in [0.1, 0.15) is 12.0 Å². The smallest absolute Gasteiger partial charge is 0.319 e. The number of anilines is 1. The second-order valence-electron chi connectivity index (χ2n) is 5.15. The van der Waals surface area contributed by atoms with E-state index in [1.54, 1.807) is 29.2 Å². The first-order valence-electron chi connectivity index (χ1n) is 7.06. The first-order valence-corrected chi connectivity index (χ1v) is 7.44. The number of hydrogen-bond acceptors (Lipinski definition) is 2. The van der Waals surface area contributed by atoms with Gasteiger partial charge in [0.25, 0.3) is 0 Å². The normalized spacial score (nSPS) is 15.3. The van der Waals surface area contributed by atoms with Gasteiger partial charge in [-0.3, -0.25) is 4.79 Å². The van der Waals surface area contributed by atoms with Gasteiger partial charge in [-0.05, 0) is 29.8 Å². The van der Waals surface area contributed by atoms with E-state index in [4.69, 9.17) is 11.6 Å². The summed E-state index contributed by atoms with van der Waals surface area (Å²) in [7, 11) is 0. The zero-order chi connectivity index (χ0) is 15.5. The third kappa shape index (κ3) is 2.97. The molecule has 0 aromatic heterocycles. The molecule has 0 radical (unpaired) electrons. The summed E-state index contributed by atoms with van der Waals surface area (Å²) in [6.45, 7) is 0.938. The van der Waals surface area contributed by atoms with E-state index in [1.807, 2.05) is 30.3 Å². The van der Waals surface area contributed by atoms with Gasteiger partial charge >= 0.3 is 6.03 Å². The van der Waals surface area contributed by atoms with E-state index in [2.05, 4.69) is 0 Å². The number of halogens is 1. The van der Waals surface area contributed by atoms with Crippen molar-refractivity contribution in [2.45, 2.75) is 13.0 Å². The van der Waals surface area contributed by atoms with Gasteiger partial charge < -0.3 is 4.90 Å². The highest BCUT2D eigenvalue weighted by Crippen LogP contribution is 2.24. The Hall–Kier alpha value is -2.33. The Labute approximate surface area is 133 Å². The van der Waals surface area contributed by atoms with E-state index in [-0.39, 0.29) is 11.9 Å². The first-order chi connectivity index (χ1) is 10.6. The Kier molecular flexibility index (Phi) is 4.11. The van der Waals surface area contributed by atoms with Crippen molar-refractivity contribution in [2.24, 2.45) is 0 Å². The summed E-state index contributed by atoms with van der Waals surface area (Å²) in [6, 6.07) is 16.2. The lowest BCUT2D eigenvalue weighted by atomic mass is 10.1. The molecule has 1 fully saturated rings. The topological polar surface area (TPSA) is 40.6 Å². The Balaban J connectivity index is 1.82. The molecular formula is C17H15ClN2O2. The Morgan fingerprint density at radius 3 is 2.32 bits per heavy atom. The molecule has 0 aliphatic carbocycles. The quantitative estimate of drug-likeness (QED) is 0.866. The van der Waals surface area contributed by atoms with Gasteiger partial charge in [-0.2, -0.15) is 0 Å². The van der Waals surface area contributed by atoms with Gasteiger partial charge in [-0.1, -0.05) is 41.9 Å². The minimum atomic E-state index is -0.289. The molecule has 0 unspecified atom stereocenters. The molecule has 0 saturated carbocycles. The molecule has 112 valence electrons. The maximum Gasteiger partial charge on any atom is 0.331 e. The molecule has 4 nitrogen and oxygen atoms in total. The molecule has 0 spiro atoms. The van der Waals surface area contributed by atoms with Crippen molar-refractivity contribution in [1.82, 2.24) is 4.90 Å². The average molecular weight is 315 g/mol. The summed E-state index contributed by atoms with van der Waals surface area (Å²) >= 11 is 5.86. The van der Waals surface area contributed by atoms with Gasteiger partial charge in [-0.25, -0.2) is 9.69 Å². The summed E-state index contributed by atoms with van der Waals surface area (Å²) in [4.78, 5) is 27.7. The Morgan fingerprint density at radius 1 is 0.955 bits per heavy atom. The number of carbonyl (C=O) groups excluding carboxylic acids is 2. The minimum Gasteiger partial charge on any atom is -0.319 e. The molecule has 0 N–H and O–H groups in total. The van der Waals surface area contributed by atoms with Crippen LogP contribution in [-0.2, 0) is 11.3 Å². The summed E-state index contributed by atoms with van der Waals surface area (Å²) in [5.41, 5.74) is 1.60. The van der Waals surface area contributed by atoms with Gasteiger partial charge in [0, 0.05) is 24.5 Å². The molecule has 2 aromatic carbocycles. The second kappa shape index (κ2) is 6.20. The SMILES string of the molecule is O=C1CCN(Cc2ccccc2)C(=O)N1c1ccc(Cl)cc1. The molecule has 3 amide bonds. The zero-order valence-corrected chi connectivity index (χ0v) is 12.7. The molecule has 1 saturated heterocycles. The van der Waals surface area contributed by atoms with Crippen molar-refractivity contribution in [1.29, 1.82) is 0 Å². The van der Waals surface area contributed by atoms with Gasteiger partial charge in [0.2, 0.25) is 5.91 Å². The maximum absolute atomic E-state index is 12.6. The molecule has 0 bridgehead atoms. The van der Waals surface area contributed by atoms with Crippen LogP contribution in [-0.4, -0.2) is 23.4 Å². The molecule has 1 aliphatic rings. The van der Waals surface area contributed by atoms with Crippen molar-refractivity contribution in [2.75, 3.05) is 11.4 Å². The van der Waals surface area contributed by atoms with Crippen molar-refractivity contribution in [3.05, 3.63) is 65.2 Å². The molecule has 0 atom stereocenters. The maximum atomic E-state index is 12.6. The van der Waals surface area contributed by atoms with E-state index in [0.29, 0.717) is 30.2 Å². The number of nitrogens with zero attached hydrogens (tertiary/aromatic N) is 2. The number of amides is 3. The number of imide groups is 1. The molecule has 1 heterocycles. The van der Waals surface area contributed by atoms with Crippen LogP contribution in [0.25, 0.3) is 0 Å². The minimum absolute atomic E-state index is 0.184. The highest BCUT2D eigenvalue weighted by atomic mass is 35.5. The standard InChI is InChI=1S/C17H15ClN2O2/c18-14-6-8-15(9-7-14)20-16(21)10-11-19(17(20)22)12-13-4-2-1-3-5-13/h1-9H,10-12H2. The Morgan fingerprint density at radius 2 is 1.64 bits per heavy atom. The highest BCUT2D eigenvalue weighted by Gasteiger charge is 2.33. The summed E-state index contributed by atoms with van der Waals surface area (Å²) in [5.74, 6) is -0.184. The molecular weight excluding hydrogens is 300 g/mol. The van der Waals surface area contributed by atoms with E-state index in [0.717, 1.165) is 5.56 Å². The van der Waals surface area contributed by atoms with E-state index < -0.39 is 0 Å². The third-order valence-electron chi connectivity index (χ3n) is 3.61. The van der Waals surface area contributed by atoms with Gasteiger partial charge in [0.05, 0.1) is 5.69 Å². The molecule has 2 aromatic rings. The predicted molar refractivity (Wildman–Crippen MR) is 85.8 cm³/mol. The molecule has 3 rings (SSSR count). The van der Waals surface area contributed by atoms with Crippen LogP contribution < -0.4 is 4.90 Å². The van der Waals surface area contributed by atoms with Crippen LogP contribution in [0.2, 0.25) is 5.02 Å². The van der Waals surface area contributed by atoms with E-state index in [1.165, 1.54) is 4.90 Å². The molecule has 1 aliphatic heterocycles. The van der Waals surface area contributed by atoms with Gasteiger partial charge in [0.1, 0.15) is 0 Å². The average Bonchev–Trinajstić information content (AvgIpc) is 2.53. The van der Waals surface area contributed by atoms with Crippen LogP contribution in [0.15, 0.2) is 54.6 Å². The fraction of sp³-hybridized carbons (Fsp3) is 0.176. The second-order valence-corrected chi connectivity index (χ2v) is 5.58. The number of hydrogen-bond donors (Lipinski definition) is 0. The number of benzene rings is 2. The van der Waals surface area contributed by atoms with Crippen molar-refractivity contribution >= 4 is 29.2 Å². The van der Waals surface area contributed by atoms with Crippen LogP contribution in [0.3, 0.4) is 0 Å². The number of urea groups is 1. The summed E-state index contributed by atoms with van der Waals surface area (Å²) in [5, 5.41) is 0.571. The first kappa shape index (κ1) is 14.6. The van der Waals surface area contributed by atoms with Crippen LogP contribution in [0.5, 0.6) is 0 Å². The van der Waals surface area contributed by atoms with Crippen LogP contribution in [0.4, 0.5) is 10.5 Å². The summed E-state index contributed by atoms with van der Waals surface area (Å²) in [6.07, 6.45) is 0.321. The van der Waals surface area contributed by atoms with Crippen molar-refractivity contribution in [3.63, 3.8) is 0 Å². The monoisotopic (exact) mass is 314 g/mol. The Bertz CT molecular complexity index is 686. The predicted octanol–water partition coefficient (Wildman–Crippen LogP) is 3.70. The lowest BCUT2D eigenvalue weighted by molar-refractivity contribution is -0.119. The van der Waals surface area contributed by atoms with Crippen LogP contribution >= 0.6 is 11.6 Å². The van der Waals surface area contributed by atoms with E-state index >= 15 is 0 Å². The van der Waals surface area contributed by atoms with Crippen molar-refractivity contribution < 1.29 is 9.59 Å². The third-order valence-corrected chi connectivity index (χ3v) is 3.86. The lowest BCUT2D eigenvalue weighted by Crippen LogP contribution is -2.52. The number of carbonyl (C=O) groups is 2. The van der Waals surface area contributed by atoms with Crippen LogP contribution in [0, 0.1) is 0 Å². The fourth-order valence-corrected chi connectivity index (χ4v) is 2.61. The molecule has 22 heavy (non-hydrogen) atoms. The van der Waals surface area contributed by atoms with Gasteiger partial charge in [-0.15, -0.1) is 0 Å². The number of rotatable bonds is 3. The zero-order valence-electron chi connectivity index (χ0n) is 11.9. The van der Waals surface area contributed by atoms with E-state index in [9.17, 15) is 9.59 Å². The largest absolute Gasteiger partial charge is 0.331 e. The fourth-order valence-electron chi connectivity index (χ4n) is 2.48. The molecule has 5 heteroatoms. The lowest BCUT2D eigenvalue weighted by Gasteiger charge is -2.34. The highest BCUT2D eigenvalue weighted by molar-refractivity contribution is 6.30. The van der Waals surface area contributed by atoms with Crippen molar-refractivity contribution in [3.8, 4) is 0 Å². The summed E-state index contributed by atoms with van der Waals surface area (Å²) < 4.78 is 0.